The van der Waals surface area contributed by atoms with Crippen molar-refractivity contribution >= 4 is 29.2 Å². The molecule has 1 aliphatic rings. The summed E-state index contributed by atoms with van der Waals surface area (Å²) >= 11 is 6.15. The number of carbonyl (C=O) groups is 2. The van der Waals surface area contributed by atoms with E-state index in [9.17, 15) is 9.59 Å². The third kappa shape index (κ3) is 3.39. The first-order valence-corrected chi connectivity index (χ1v) is 6.82. The van der Waals surface area contributed by atoms with Crippen LogP contribution in [0.15, 0.2) is 12.3 Å². The van der Waals surface area contributed by atoms with Crippen molar-refractivity contribution in [2.24, 2.45) is 5.73 Å². The van der Waals surface area contributed by atoms with E-state index in [2.05, 4.69) is 10.3 Å². The predicted molar refractivity (Wildman–Crippen MR) is 76.8 cm³/mol. The fraction of sp³-hybridized carbons (Fsp3) is 0.462. The maximum atomic E-state index is 11.1. The van der Waals surface area contributed by atoms with Gasteiger partial charge in [-0.3, -0.25) is 9.59 Å². The molecule has 0 aliphatic carbocycles. The minimum Gasteiger partial charge on any atom is -0.366 e. The summed E-state index contributed by atoms with van der Waals surface area (Å²) in [6.07, 6.45) is 3.12. The van der Waals surface area contributed by atoms with Gasteiger partial charge in [0.2, 0.25) is 11.8 Å². The van der Waals surface area contributed by atoms with Gasteiger partial charge in [-0.15, -0.1) is 0 Å². The lowest BCUT2D eigenvalue weighted by Gasteiger charge is -2.33. The average molecular weight is 297 g/mol. The van der Waals surface area contributed by atoms with E-state index in [-0.39, 0.29) is 11.9 Å². The molecule has 0 saturated carbocycles. The van der Waals surface area contributed by atoms with Crippen LogP contribution in [0.3, 0.4) is 0 Å². The van der Waals surface area contributed by atoms with Crippen LogP contribution in [0.4, 0.5) is 5.82 Å². The van der Waals surface area contributed by atoms with Crippen LogP contribution >= 0.6 is 11.6 Å². The number of anilines is 1. The number of nitrogens with two attached hydrogens (primary N) is 1. The van der Waals surface area contributed by atoms with Crippen LogP contribution in [0.25, 0.3) is 0 Å². The summed E-state index contributed by atoms with van der Waals surface area (Å²) < 4.78 is 0. The van der Waals surface area contributed by atoms with Crippen molar-refractivity contribution in [1.82, 2.24) is 10.3 Å². The molecule has 1 saturated heterocycles. The topological polar surface area (TPSA) is 88.3 Å². The van der Waals surface area contributed by atoms with Gasteiger partial charge < -0.3 is 16.0 Å². The number of halogens is 1. The maximum Gasteiger partial charge on any atom is 0.250 e. The van der Waals surface area contributed by atoms with Crippen molar-refractivity contribution < 1.29 is 9.59 Å². The summed E-state index contributed by atoms with van der Waals surface area (Å²) in [5.41, 5.74) is 5.48. The Labute approximate surface area is 122 Å². The normalized spacial score (nSPS) is 16.0. The Morgan fingerprint density at radius 2 is 2.10 bits per heavy atom. The first-order valence-electron chi connectivity index (χ1n) is 6.44. The molecule has 108 valence electrons. The minimum absolute atomic E-state index is 0.00887. The molecule has 0 spiro atoms. The second kappa shape index (κ2) is 6.09. The SMILES string of the molecule is CC(=O)NC1CCN(c2ncc(C(N)=O)cc2Cl)CC1. The molecule has 3 N–H and O–H groups in total. The third-order valence-electron chi connectivity index (χ3n) is 3.31. The molecule has 0 unspecified atom stereocenters. The van der Waals surface area contributed by atoms with Crippen LogP contribution in [0, 0.1) is 0 Å². The Morgan fingerprint density at radius 3 is 2.60 bits per heavy atom. The van der Waals surface area contributed by atoms with E-state index in [0.717, 1.165) is 25.9 Å². The van der Waals surface area contributed by atoms with Crippen LogP contribution in [0.1, 0.15) is 30.1 Å². The molecule has 6 nitrogen and oxygen atoms in total. The number of amides is 2. The van der Waals surface area contributed by atoms with Crippen molar-refractivity contribution in [3.63, 3.8) is 0 Å². The lowest BCUT2D eigenvalue weighted by atomic mass is 10.0. The molecule has 1 aromatic heterocycles. The molecule has 2 amide bonds. The molecule has 2 rings (SSSR count). The molecular weight excluding hydrogens is 280 g/mol. The fourth-order valence-electron chi connectivity index (χ4n) is 2.32. The van der Waals surface area contributed by atoms with Gasteiger partial charge in [0.1, 0.15) is 5.82 Å². The summed E-state index contributed by atoms with van der Waals surface area (Å²) in [6, 6.07) is 1.74. The number of nitrogens with zero attached hydrogens (tertiary/aromatic N) is 2. The molecule has 0 aromatic carbocycles. The Kier molecular flexibility index (Phi) is 4.44. The number of primary amides is 1. The van der Waals surface area contributed by atoms with E-state index >= 15 is 0 Å². The maximum absolute atomic E-state index is 11.1. The van der Waals surface area contributed by atoms with Gasteiger partial charge in [-0.1, -0.05) is 11.6 Å². The van der Waals surface area contributed by atoms with E-state index in [1.165, 1.54) is 19.2 Å². The highest BCUT2D eigenvalue weighted by Gasteiger charge is 2.22. The largest absolute Gasteiger partial charge is 0.366 e. The zero-order chi connectivity index (χ0) is 14.7. The van der Waals surface area contributed by atoms with Gasteiger partial charge in [-0.25, -0.2) is 4.98 Å². The van der Waals surface area contributed by atoms with E-state index in [0.29, 0.717) is 16.4 Å². The lowest BCUT2D eigenvalue weighted by Crippen LogP contribution is -2.44. The Balaban J connectivity index is 2.03. The van der Waals surface area contributed by atoms with Crippen molar-refractivity contribution in [2.75, 3.05) is 18.0 Å². The molecule has 0 bridgehead atoms. The van der Waals surface area contributed by atoms with Crippen molar-refractivity contribution in [3.05, 3.63) is 22.8 Å². The number of hydrogen-bond donors (Lipinski definition) is 2. The Bertz CT molecular complexity index is 527. The number of rotatable bonds is 3. The molecule has 20 heavy (non-hydrogen) atoms. The second-order valence-corrected chi connectivity index (χ2v) is 5.26. The average Bonchev–Trinajstić information content (AvgIpc) is 2.39. The highest BCUT2D eigenvalue weighted by molar-refractivity contribution is 6.33. The van der Waals surface area contributed by atoms with Gasteiger partial charge >= 0.3 is 0 Å². The molecular formula is C13H17ClN4O2. The molecule has 7 heteroatoms. The van der Waals surface area contributed by atoms with Crippen LogP contribution in [-0.2, 0) is 4.79 Å². The second-order valence-electron chi connectivity index (χ2n) is 4.86. The highest BCUT2D eigenvalue weighted by Crippen LogP contribution is 2.26. The van der Waals surface area contributed by atoms with Crippen molar-refractivity contribution in [1.29, 1.82) is 0 Å². The quantitative estimate of drug-likeness (QED) is 0.869. The molecule has 1 fully saturated rings. The van der Waals surface area contributed by atoms with Crippen LogP contribution in [-0.4, -0.2) is 35.9 Å². The van der Waals surface area contributed by atoms with Crippen LogP contribution < -0.4 is 16.0 Å². The number of piperidine rings is 1. The summed E-state index contributed by atoms with van der Waals surface area (Å²) in [4.78, 5) is 28.3. The predicted octanol–water partition coefficient (Wildman–Crippen LogP) is 0.939. The minimum atomic E-state index is -0.546. The van der Waals surface area contributed by atoms with Gasteiger partial charge in [0, 0.05) is 32.3 Å². The Morgan fingerprint density at radius 1 is 1.45 bits per heavy atom. The van der Waals surface area contributed by atoms with Gasteiger partial charge in [-0.05, 0) is 18.9 Å². The van der Waals surface area contributed by atoms with Crippen LogP contribution in [0.5, 0.6) is 0 Å². The van der Waals surface area contributed by atoms with E-state index in [4.69, 9.17) is 17.3 Å². The van der Waals surface area contributed by atoms with Gasteiger partial charge in [-0.2, -0.15) is 0 Å². The highest BCUT2D eigenvalue weighted by atomic mass is 35.5. The van der Waals surface area contributed by atoms with Gasteiger partial charge in [0.05, 0.1) is 10.6 Å². The molecule has 1 aromatic rings. The summed E-state index contributed by atoms with van der Waals surface area (Å²) in [6.45, 7) is 3.04. The summed E-state index contributed by atoms with van der Waals surface area (Å²) in [7, 11) is 0. The monoisotopic (exact) mass is 296 g/mol. The number of carbonyl (C=O) groups excluding carboxylic acids is 2. The smallest absolute Gasteiger partial charge is 0.250 e. The van der Waals surface area contributed by atoms with Gasteiger partial charge in [0.25, 0.3) is 0 Å². The van der Waals surface area contributed by atoms with E-state index < -0.39 is 5.91 Å². The molecule has 0 radical (unpaired) electrons. The number of hydrogen-bond acceptors (Lipinski definition) is 4. The van der Waals surface area contributed by atoms with Gasteiger partial charge in [0.15, 0.2) is 0 Å². The summed E-state index contributed by atoms with van der Waals surface area (Å²) in [5, 5.41) is 3.33. The van der Waals surface area contributed by atoms with E-state index in [1.807, 2.05) is 4.90 Å². The first-order chi connectivity index (χ1) is 9.47. The zero-order valence-corrected chi connectivity index (χ0v) is 12.0. The fourth-order valence-corrected chi connectivity index (χ4v) is 2.61. The molecule has 2 heterocycles. The molecule has 0 atom stereocenters. The standard InChI is InChI=1S/C13H17ClN4O2/c1-8(19)17-10-2-4-18(5-3-10)13-11(14)6-9(7-16-13)12(15)20/h6-7,10H,2-5H2,1H3,(H2,15,20)(H,17,19). The zero-order valence-electron chi connectivity index (χ0n) is 11.2. The Hall–Kier alpha value is -1.82. The van der Waals surface area contributed by atoms with Crippen molar-refractivity contribution in [2.45, 2.75) is 25.8 Å². The first kappa shape index (κ1) is 14.6. The van der Waals surface area contributed by atoms with Crippen molar-refractivity contribution in [3.8, 4) is 0 Å². The van der Waals surface area contributed by atoms with Crippen LogP contribution in [0.2, 0.25) is 5.02 Å². The number of pyridine rings is 1. The van der Waals surface area contributed by atoms with E-state index in [1.54, 1.807) is 0 Å². The lowest BCUT2D eigenvalue weighted by molar-refractivity contribution is -0.119. The molecule has 1 aliphatic heterocycles. The summed E-state index contributed by atoms with van der Waals surface area (Å²) in [5.74, 6) is 0.0960. The number of aromatic nitrogens is 1. The number of nitrogens with one attached hydrogen (secondary N) is 1. The third-order valence-corrected chi connectivity index (χ3v) is 3.59.